The van der Waals surface area contributed by atoms with Crippen LogP contribution >= 0.6 is 0 Å². The number of nitrogens with two attached hydrogens (primary N) is 1. The van der Waals surface area contributed by atoms with Crippen LogP contribution in [0.15, 0.2) is 0 Å². The fraction of sp³-hybridized carbons (Fsp3) is 0.833. The third-order valence-electron chi connectivity index (χ3n) is 1.42. The minimum absolute atomic E-state index is 0.135. The van der Waals surface area contributed by atoms with Gasteiger partial charge in [0.1, 0.15) is 0 Å². The SMILES string of the molecule is NOCCNC(=O)NC1CC1. The van der Waals surface area contributed by atoms with E-state index in [1.807, 2.05) is 0 Å². The predicted octanol–water partition coefficient (Wildman–Crippen LogP) is -0.662. The average molecular weight is 159 g/mol. The van der Waals surface area contributed by atoms with E-state index in [0.29, 0.717) is 19.2 Å². The maximum Gasteiger partial charge on any atom is 0.315 e. The molecule has 0 radical (unpaired) electrons. The molecule has 0 bridgehead atoms. The highest BCUT2D eigenvalue weighted by atomic mass is 16.6. The van der Waals surface area contributed by atoms with Gasteiger partial charge in [0.25, 0.3) is 0 Å². The number of urea groups is 1. The maximum absolute atomic E-state index is 10.8. The van der Waals surface area contributed by atoms with E-state index in [9.17, 15) is 4.79 Å². The Morgan fingerprint density at radius 2 is 2.36 bits per heavy atom. The summed E-state index contributed by atoms with van der Waals surface area (Å²) in [6.45, 7) is 0.799. The van der Waals surface area contributed by atoms with Crippen LogP contribution in [0.2, 0.25) is 0 Å². The summed E-state index contributed by atoms with van der Waals surface area (Å²) >= 11 is 0. The first-order chi connectivity index (χ1) is 5.33. The molecular weight excluding hydrogens is 146 g/mol. The number of carbonyl (C=O) groups is 1. The molecule has 0 aliphatic heterocycles. The molecule has 11 heavy (non-hydrogen) atoms. The standard InChI is InChI=1S/C6H13N3O2/c7-11-4-3-8-6(10)9-5-1-2-5/h5H,1-4,7H2,(H2,8,9,10). The van der Waals surface area contributed by atoms with E-state index in [1.54, 1.807) is 0 Å². The Morgan fingerprint density at radius 1 is 1.64 bits per heavy atom. The molecule has 5 nitrogen and oxygen atoms in total. The fourth-order valence-electron chi connectivity index (χ4n) is 0.688. The Morgan fingerprint density at radius 3 is 2.91 bits per heavy atom. The van der Waals surface area contributed by atoms with Crippen molar-refractivity contribution in [1.82, 2.24) is 10.6 Å². The van der Waals surface area contributed by atoms with Crippen molar-refractivity contribution < 1.29 is 9.63 Å². The molecule has 0 aromatic heterocycles. The largest absolute Gasteiger partial charge is 0.336 e. The summed E-state index contributed by atoms with van der Waals surface area (Å²) < 4.78 is 0. The molecule has 1 fully saturated rings. The zero-order chi connectivity index (χ0) is 8.10. The fourth-order valence-corrected chi connectivity index (χ4v) is 0.688. The highest BCUT2D eigenvalue weighted by molar-refractivity contribution is 5.74. The van der Waals surface area contributed by atoms with Gasteiger partial charge in [-0.1, -0.05) is 0 Å². The van der Waals surface area contributed by atoms with Gasteiger partial charge in [0.2, 0.25) is 0 Å². The number of carbonyl (C=O) groups excluding carboxylic acids is 1. The van der Waals surface area contributed by atoms with Gasteiger partial charge in [0.15, 0.2) is 0 Å². The molecule has 0 atom stereocenters. The zero-order valence-corrected chi connectivity index (χ0v) is 6.30. The van der Waals surface area contributed by atoms with Crippen LogP contribution in [-0.4, -0.2) is 25.2 Å². The lowest BCUT2D eigenvalue weighted by atomic mass is 10.6. The molecule has 0 unspecified atom stereocenters. The van der Waals surface area contributed by atoms with E-state index in [0.717, 1.165) is 12.8 Å². The van der Waals surface area contributed by atoms with Crippen molar-refractivity contribution in [1.29, 1.82) is 0 Å². The summed E-state index contributed by atoms with van der Waals surface area (Å²) in [5.74, 6) is 4.76. The van der Waals surface area contributed by atoms with Crippen LogP contribution in [-0.2, 0) is 4.84 Å². The van der Waals surface area contributed by atoms with Crippen molar-refractivity contribution in [2.45, 2.75) is 18.9 Å². The van der Waals surface area contributed by atoms with Crippen LogP contribution in [0.5, 0.6) is 0 Å². The molecule has 1 aliphatic carbocycles. The third-order valence-corrected chi connectivity index (χ3v) is 1.42. The van der Waals surface area contributed by atoms with Gasteiger partial charge >= 0.3 is 6.03 Å². The van der Waals surface area contributed by atoms with Gasteiger partial charge in [-0.25, -0.2) is 10.7 Å². The molecule has 0 aromatic rings. The lowest BCUT2D eigenvalue weighted by Crippen LogP contribution is -2.38. The van der Waals surface area contributed by atoms with Crippen molar-refractivity contribution in [3.8, 4) is 0 Å². The van der Waals surface area contributed by atoms with E-state index in [-0.39, 0.29) is 6.03 Å². The number of rotatable bonds is 4. The van der Waals surface area contributed by atoms with Gasteiger partial charge in [0, 0.05) is 12.6 Å². The minimum Gasteiger partial charge on any atom is -0.336 e. The van der Waals surface area contributed by atoms with Crippen LogP contribution < -0.4 is 16.5 Å². The molecule has 0 saturated heterocycles. The molecule has 1 saturated carbocycles. The highest BCUT2D eigenvalue weighted by Crippen LogP contribution is 2.17. The summed E-state index contributed by atoms with van der Waals surface area (Å²) in [6, 6.07) is 0.262. The summed E-state index contributed by atoms with van der Waals surface area (Å²) in [5, 5.41) is 5.37. The predicted molar refractivity (Wildman–Crippen MR) is 39.7 cm³/mol. The van der Waals surface area contributed by atoms with Crippen LogP contribution in [0, 0.1) is 0 Å². The summed E-state index contributed by atoms with van der Waals surface area (Å²) in [6.07, 6.45) is 2.20. The Balaban J connectivity index is 1.92. The van der Waals surface area contributed by atoms with Crippen molar-refractivity contribution >= 4 is 6.03 Å². The van der Waals surface area contributed by atoms with Crippen LogP contribution in [0.25, 0.3) is 0 Å². The van der Waals surface area contributed by atoms with Crippen LogP contribution in [0.3, 0.4) is 0 Å². The molecule has 1 aliphatic rings. The minimum atomic E-state index is -0.135. The summed E-state index contributed by atoms with van der Waals surface area (Å²) in [7, 11) is 0. The molecular formula is C6H13N3O2. The summed E-state index contributed by atoms with van der Waals surface area (Å²) in [5.41, 5.74) is 0. The Hall–Kier alpha value is -0.810. The Labute approximate surface area is 65.2 Å². The molecule has 0 heterocycles. The molecule has 2 amide bonds. The second-order valence-corrected chi connectivity index (χ2v) is 2.55. The molecule has 0 spiro atoms. The first-order valence-corrected chi connectivity index (χ1v) is 3.69. The van der Waals surface area contributed by atoms with Crippen LogP contribution in [0.4, 0.5) is 4.79 Å². The molecule has 64 valence electrons. The highest BCUT2D eigenvalue weighted by Gasteiger charge is 2.22. The molecule has 5 heteroatoms. The number of nitrogens with one attached hydrogen (secondary N) is 2. The van der Waals surface area contributed by atoms with Crippen molar-refractivity contribution in [3.05, 3.63) is 0 Å². The van der Waals surface area contributed by atoms with E-state index < -0.39 is 0 Å². The topological polar surface area (TPSA) is 76.4 Å². The first kappa shape index (κ1) is 8.29. The van der Waals surface area contributed by atoms with Crippen LogP contribution in [0.1, 0.15) is 12.8 Å². The zero-order valence-electron chi connectivity index (χ0n) is 6.30. The van der Waals surface area contributed by atoms with E-state index in [1.165, 1.54) is 0 Å². The smallest absolute Gasteiger partial charge is 0.315 e. The normalized spacial score (nSPS) is 16.1. The van der Waals surface area contributed by atoms with E-state index in [4.69, 9.17) is 5.90 Å². The maximum atomic E-state index is 10.8. The van der Waals surface area contributed by atoms with Gasteiger partial charge in [0.05, 0.1) is 6.61 Å². The second-order valence-electron chi connectivity index (χ2n) is 2.55. The van der Waals surface area contributed by atoms with Gasteiger partial charge in [-0.2, -0.15) is 0 Å². The lowest BCUT2D eigenvalue weighted by Gasteiger charge is -2.04. The monoisotopic (exact) mass is 159 g/mol. The third kappa shape index (κ3) is 3.79. The van der Waals surface area contributed by atoms with Crippen molar-refractivity contribution in [3.63, 3.8) is 0 Å². The van der Waals surface area contributed by atoms with Crippen molar-refractivity contribution in [2.24, 2.45) is 5.90 Å². The molecule has 4 N–H and O–H groups in total. The van der Waals surface area contributed by atoms with Gasteiger partial charge < -0.3 is 15.5 Å². The average Bonchev–Trinajstić information content (AvgIpc) is 2.72. The molecule has 1 rings (SSSR count). The van der Waals surface area contributed by atoms with Gasteiger partial charge in [-0.05, 0) is 12.8 Å². The number of hydrogen-bond donors (Lipinski definition) is 3. The number of amides is 2. The lowest BCUT2D eigenvalue weighted by molar-refractivity contribution is 0.140. The first-order valence-electron chi connectivity index (χ1n) is 3.69. The van der Waals surface area contributed by atoms with Gasteiger partial charge in [-0.15, -0.1) is 0 Å². The second kappa shape index (κ2) is 4.15. The molecule has 0 aromatic carbocycles. The Bertz CT molecular complexity index is 136. The van der Waals surface area contributed by atoms with Crippen molar-refractivity contribution in [2.75, 3.05) is 13.2 Å². The van der Waals surface area contributed by atoms with E-state index in [2.05, 4.69) is 15.5 Å². The Kier molecular flexibility index (Phi) is 3.13. The number of hydrogen-bond acceptors (Lipinski definition) is 3. The van der Waals surface area contributed by atoms with Gasteiger partial charge in [-0.3, -0.25) is 0 Å². The quantitative estimate of drug-likeness (QED) is 0.376. The van der Waals surface area contributed by atoms with E-state index >= 15 is 0 Å². The summed E-state index contributed by atoms with van der Waals surface area (Å²) in [4.78, 5) is 15.1.